The molecule has 2 aromatic carbocycles. The van der Waals surface area contributed by atoms with Crippen LogP contribution < -0.4 is 4.74 Å². The molecule has 0 saturated heterocycles. The van der Waals surface area contributed by atoms with Gasteiger partial charge < -0.3 is 9.84 Å². The Morgan fingerprint density at radius 3 is 2.65 bits per heavy atom. The maximum Gasteiger partial charge on any atom is 0.335 e. The smallest absolute Gasteiger partial charge is 0.335 e. The van der Waals surface area contributed by atoms with Crippen LogP contribution in [0, 0.1) is 6.92 Å². The Balaban J connectivity index is 2.22. The highest BCUT2D eigenvalue weighted by Gasteiger charge is 2.13. The largest absolute Gasteiger partial charge is 0.486 e. The summed E-state index contributed by atoms with van der Waals surface area (Å²) in [7, 11) is 0. The number of benzene rings is 2. The van der Waals surface area contributed by atoms with Gasteiger partial charge in [-0.3, -0.25) is 0 Å². The highest BCUT2D eigenvalue weighted by molar-refractivity contribution is 9.10. The fraction of sp³-hybridized carbons (Fsp3) is 0.133. The minimum Gasteiger partial charge on any atom is -0.486 e. The molecule has 1 N–H and O–H groups in total. The number of carboxylic acid groups (broad SMARTS) is 1. The van der Waals surface area contributed by atoms with Crippen LogP contribution in [0.2, 0.25) is 5.02 Å². The van der Waals surface area contributed by atoms with Crippen molar-refractivity contribution in [3.63, 3.8) is 0 Å². The molecule has 0 amide bonds. The minimum atomic E-state index is -1.03. The minimum absolute atomic E-state index is 0.116. The van der Waals surface area contributed by atoms with Crippen molar-refractivity contribution < 1.29 is 14.6 Å². The summed E-state index contributed by atoms with van der Waals surface area (Å²) in [6.45, 7) is 2.38. The lowest BCUT2D eigenvalue weighted by Gasteiger charge is -2.12. The quantitative estimate of drug-likeness (QED) is 0.865. The fourth-order valence-corrected chi connectivity index (χ4v) is 2.71. The van der Waals surface area contributed by atoms with E-state index in [1.807, 2.05) is 31.2 Å². The molecule has 0 atom stereocenters. The first-order valence-corrected chi connectivity index (χ1v) is 7.06. The molecule has 0 aliphatic carbocycles. The average Bonchev–Trinajstić information content (AvgIpc) is 2.39. The Morgan fingerprint density at radius 1 is 1.35 bits per heavy atom. The Bertz CT molecular complexity index is 632. The summed E-state index contributed by atoms with van der Waals surface area (Å²) in [5, 5.41) is 9.22. The van der Waals surface area contributed by atoms with Gasteiger partial charge in [0.1, 0.15) is 6.61 Å². The lowest BCUT2D eigenvalue weighted by Crippen LogP contribution is -2.01. The van der Waals surface area contributed by atoms with E-state index >= 15 is 0 Å². The van der Waals surface area contributed by atoms with Crippen LogP contribution in [-0.2, 0) is 6.61 Å². The van der Waals surface area contributed by atoms with Crippen LogP contribution in [-0.4, -0.2) is 11.1 Å². The topological polar surface area (TPSA) is 46.5 Å². The van der Waals surface area contributed by atoms with Crippen LogP contribution in [0.15, 0.2) is 40.9 Å². The van der Waals surface area contributed by atoms with Crippen LogP contribution in [0.1, 0.15) is 21.5 Å². The van der Waals surface area contributed by atoms with Gasteiger partial charge >= 0.3 is 5.97 Å². The SMILES string of the molecule is Cc1ccccc1COc1c(Cl)cc(C(=O)O)cc1Br. The number of halogens is 2. The van der Waals surface area contributed by atoms with E-state index in [1.165, 1.54) is 12.1 Å². The Labute approximate surface area is 130 Å². The summed E-state index contributed by atoms with van der Waals surface area (Å²) in [6.07, 6.45) is 0. The molecular weight excluding hydrogens is 344 g/mol. The first-order valence-electron chi connectivity index (χ1n) is 5.88. The number of carboxylic acids is 1. The van der Waals surface area contributed by atoms with E-state index in [9.17, 15) is 4.79 Å². The maximum atomic E-state index is 10.9. The van der Waals surface area contributed by atoms with E-state index in [2.05, 4.69) is 15.9 Å². The summed E-state index contributed by atoms with van der Waals surface area (Å²) in [6, 6.07) is 10.7. The summed E-state index contributed by atoms with van der Waals surface area (Å²) >= 11 is 9.35. The van der Waals surface area contributed by atoms with Crippen molar-refractivity contribution in [1.82, 2.24) is 0 Å². The van der Waals surface area contributed by atoms with E-state index in [4.69, 9.17) is 21.4 Å². The molecule has 0 aliphatic heterocycles. The van der Waals surface area contributed by atoms with Crippen molar-refractivity contribution >= 4 is 33.5 Å². The molecule has 20 heavy (non-hydrogen) atoms. The molecule has 0 aromatic heterocycles. The first-order chi connectivity index (χ1) is 9.49. The summed E-state index contributed by atoms with van der Waals surface area (Å²) in [4.78, 5) is 10.9. The monoisotopic (exact) mass is 354 g/mol. The van der Waals surface area contributed by atoms with Crippen LogP contribution in [0.4, 0.5) is 0 Å². The van der Waals surface area contributed by atoms with E-state index in [1.54, 1.807) is 0 Å². The van der Waals surface area contributed by atoms with Crippen LogP contribution in [0.5, 0.6) is 5.75 Å². The molecule has 0 spiro atoms. The van der Waals surface area contributed by atoms with Gasteiger partial charge in [0.05, 0.1) is 15.1 Å². The third-order valence-electron chi connectivity index (χ3n) is 2.88. The van der Waals surface area contributed by atoms with Crippen molar-refractivity contribution in [1.29, 1.82) is 0 Å². The fourth-order valence-electron chi connectivity index (χ4n) is 1.74. The third kappa shape index (κ3) is 3.32. The zero-order chi connectivity index (χ0) is 14.7. The van der Waals surface area contributed by atoms with Gasteiger partial charge in [0.15, 0.2) is 5.75 Å². The van der Waals surface area contributed by atoms with Crippen LogP contribution >= 0.6 is 27.5 Å². The first kappa shape index (κ1) is 14.9. The van der Waals surface area contributed by atoms with E-state index in [0.717, 1.165) is 11.1 Å². The van der Waals surface area contributed by atoms with Gasteiger partial charge in [0, 0.05) is 0 Å². The standard InChI is InChI=1S/C15H12BrClO3/c1-9-4-2-3-5-10(9)8-20-14-12(16)6-11(15(18)19)7-13(14)17/h2-7H,8H2,1H3,(H,18,19). The number of carbonyl (C=O) groups is 1. The molecule has 0 radical (unpaired) electrons. The molecule has 0 bridgehead atoms. The lowest BCUT2D eigenvalue weighted by atomic mass is 10.1. The molecule has 0 aliphatic rings. The lowest BCUT2D eigenvalue weighted by molar-refractivity contribution is 0.0696. The van der Waals surface area contributed by atoms with Crippen molar-refractivity contribution in [2.24, 2.45) is 0 Å². The zero-order valence-electron chi connectivity index (χ0n) is 10.7. The van der Waals surface area contributed by atoms with Crippen LogP contribution in [0.25, 0.3) is 0 Å². The van der Waals surface area contributed by atoms with Gasteiger partial charge in [-0.1, -0.05) is 35.9 Å². The second-order valence-corrected chi connectivity index (χ2v) is 5.55. The normalized spacial score (nSPS) is 10.3. The number of aryl methyl sites for hydroxylation is 1. The molecule has 2 rings (SSSR count). The third-order valence-corrected chi connectivity index (χ3v) is 3.75. The predicted octanol–water partition coefficient (Wildman–Crippen LogP) is 4.69. The summed E-state index contributed by atoms with van der Waals surface area (Å²) in [5.74, 6) is -0.585. The molecule has 5 heteroatoms. The average molecular weight is 356 g/mol. The molecule has 2 aromatic rings. The van der Waals surface area contributed by atoms with Gasteiger partial charge in [-0.25, -0.2) is 4.79 Å². The molecule has 0 saturated carbocycles. The number of aromatic carboxylic acids is 1. The molecule has 104 valence electrons. The number of hydrogen-bond donors (Lipinski definition) is 1. The van der Waals surface area contributed by atoms with Crippen molar-refractivity contribution in [3.05, 3.63) is 62.6 Å². The Kier molecular flexibility index (Phi) is 4.68. The molecular formula is C15H12BrClO3. The summed E-state index contributed by atoms with van der Waals surface area (Å²) < 4.78 is 6.22. The van der Waals surface area contributed by atoms with Gasteiger partial charge in [-0.05, 0) is 46.1 Å². The molecule has 0 fully saturated rings. The number of hydrogen-bond acceptors (Lipinski definition) is 2. The second kappa shape index (κ2) is 6.29. The second-order valence-electron chi connectivity index (χ2n) is 4.29. The van der Waals surface area contributed by atoms with Crippen molar-refractivity contribution in [2.75, 3.05) is 0 Å². The van der Waals surface area contributed by atoms with E-state index in [0.29, 0.717) is 16.8 Å². The maximum absolute atomic E-state index is 10.9. The predicted molar refractivity (Wildman–Crippen MR) is 81.6 cm³/mol. The highest BCUT2D eigenvalue weighted by atomic mass is 79.9. The Morgan fingerprint density at radius 2 is 2.05 bits per heavy atom. The van der Waals surface area contributed by atoms with Crippen molar-refractivity contribution in [2.45, 2.75) is 13.5 Å². The number of rotatable bonds is 4. The highest BCUT2D eigenvalue weighted by Crippen LogP contribution is 2.35. The molecule has 0 heterocycles. The molecule has 3 nitrogen and oxygen atoms in total. The van der Waals surface area contributed by atoms with Crippen molar-refractivity contribution in [3.8, 4) is 5.75 Å². The van der Waals surface area contributed by atoms with Crippen LogP contribution in [0.3, 0.4) is 0 Å². The van der Waals surface area contributed by atoms with Gasteiger partial charge in [0.2, 0.25) is 0 Å². The van der Waals surface area contributed by atoms with Gasteiger partial charge in [0.25, 0.3) is 0 Å². The van der Waals surface area contributed by atoms with Gasteiger partial charge in [-0.2, -0.15) is 0 Å². The zero-order valence-corrected chi connectivity index (χ0v) is 13.0. The van der Waals surface area contributed by atoms with E-state index in [-0.39, 0.29) is 10.6 Å². The van der Waals surface area contributed by atoms with E-state index < -0.39 is 5.97 Å². The Hall–Kier alpha value is -1.52. The number of ether oxygens (including phenoxy) is 1. The summed E-state index contributed by atoms with van der Waals surface area (Å²) in [5.41, 5.74) is 2.30. The van der Waals surface area contributed by atoms with Gasteiger partial charge in [-0.15, -0.1) is 0 Å². The molecule has 0 unspecified atom stereocenters.